The molecule has 0 aliphatic heterocycles. The molecule has 1 N–H and O–H groups in total. The van der Waals surface area contributed by atoms with E-state index in [1.54, 1.807) is 0 Å². The van der Waals surface area contributed by atoms with Gasteiger partial charge in [0, 0.05) is 0 Å². The predicted molar refractivity (Wildman–Crippen MR) is 96.6 cm³/mol. The molecule has 0 aliphatic carbocycles. The number of halogens is 3. The van der Waals surface area contributed by atoms with Gasteiger partial charge in [-0.3, -0.25) is 4.55 Å². The lowest BCUT2D eigenvalue weighted by Gasteiger charge is -2.23. The molecule has 0 bridgehead atoms. The summed E-state index contributed by atoms with van der Waals surface area (Å²) in [7, 11) is -4.78. The minimum Gasteiger partial charge on any atom is -0.256 e. The summed E-state index contributed by atoms with van der Waals surface area (Å²) in [5.74, 6) is -1.75. The van der Waals surface area contributed by atoms with Crippen molar-refractivity contribution in [2.45, 2.75) is 0 Å². The maximum atomic E-state index is 13.4. The topological polar surface area (TPSA) is 54.4 Å². The Morgan fingerprint density at radius 3 is 1.00 bits per heavy atom. The monoisotopic (exact) mass is 397 g/mol. The Balaban J connectivity index is 2.44. The molecule has 3 nitrogen and oxygen atoms in total. The van der Waals surface area contributed by atoms with Gasteiger partial charge in [-0.25, -0.2) is 13.2 Å². The highest BCUT2D eigenvalue weighted by atomic mass is 32.8. The van der Waals surface area contributed by atoms with Crippen LogP contribution in [0.3, 0.4) is 0 Å². The summed E-state index contributed by atoms with van der Waals surface area (Å²) < 4.78 is 75.7. The SMILES string of the molecule is O=S(=O)(O)[P+](c1ccc(F)cc1)(c1ccc(F)cc1)c1ccc(F)cc1. The molecule has 3 aromatic rings. The van der Waals surface area contributed by atoms with E-state index in [9.17, 15) is 26.1 Å². The normalized spacial score (nSPS) is 12.2. The van der Waals surface area contributed by atoms with E-state index in [4.69, 9.17) is 0 Å². The maximum Gasteiger partial charge on any atom is 0.395 e. The van der Waals surface area contributed by atoms with Gasteiger partial charge in [0.15, 0.2) is 0 Å². The summed E-state index contributed by atoms with van der Waals surface area (Å²) in [6.07, 6.45) is 0. The van der Waals surface area contributed by atoms with Crippen molar-refractivity contribution in [2.75, 3.05) is 0 Å². The average Bonchev–Trinajstić information content (AvgIpc) is 2.59. The van der Waals surface area contributed by atoms with E-state index in [0.29, 0.717) is 0 Å². The highest BCUT2D eigenvalue weighted by Gasteiger charge is 2.58. The fourth-order valence-electron chi connectivity index (χ4n) is 2.80. The van der Waals surface area contributed by atoms with Crippen LogP contribution in [0.1, 0.15) is 0 Å². The smallest absolute Gasteiger partial charge is 0.256 e. The Labute approximate surface area is 149 Å². The average molecular weight is 397 g/mol. The zero-order chi connectivity index (χ0) is 18.9. The standard InChI is InChI=1S/C18H12F3O3PS/c19-13-1-7-16(8-2-13)25(26(22,23)24,17-9-3-14(20)4-10-17)18-11-5-15(21)6-12-18/h1-12H/p+1. The number of rotatable bonds is 4. The van der Waals surface area contributed by atoms with E-state index in [2.05, 4.69) is 0 Å². The molecule has 0 spiro atoms. The summed E-state index contributed by atoms with van der Waals surface area (Å²) in [5, 5.41) is 0.416. The fraction of sp³-hybridized carbons (Fsp3) is 0. The van der Waals surface area contributed by atoms with Crippen LogP contribution >= 0.6 is 6.46 Å². The van der Waals surface area contributed by atoms with Crippen LogP contribution in [0.4, 0.5) is 13.2 Å². The fourth-order valence-corrected chi connectivity index (χ4v) is 9.69. The first-order valence-corrected chi connectivity index (χ1v) is 11.2. The molecule has 0 radical (unpaired) electrons. The van der Waals surface area contributed by atoms with E-state index in [1.165, 1.54) is 36.4 Å². The first-order valence-electron chi connectivity index (χ1n) is 7.40. The second kappa shape index (κ2) is 6.83. The van der Waals surface area contributed by atoms with Crippen molar-refractivity contribution >= 4 is 32.1 Å². The molecule has 8 heteroatoms. The lowest BCUT2D eigenvalue weighted by Crippen LogP contribution is -2.36. The Morgan fingerprint density at radius 1 is 0.577 bits per heavy atom. The summed E-state index contributed by atoms with van der Waals surface area (Å²) in [6, 6.07) is 14.0. The molecule has 0 aliphatic rings. The van der Waals surface area contributed by atoms with E-state index in [-0.39, 0.29) is 15.9 Å². The minimum absolute atomic E-state index is 0.139. The highest BCUT2D eigenvalue weighted by Crippen LogP contribution is 2.60. The summed E-state index contributed by atoms with van der Waals surface area (Å²) in [6.45, 7) is -3.77. The van der Waals surface area contributed by atoms with Crippen LogP contribution in [-0.2, 0) is 9.74 Å². The molecule has 0 aromatic heterocycles. The first-order chi connectivity index (χ1) is 12.2. The second-order valence-electron chi connectivity index (χ2n) is 5.49. The van der Waals surface area contributed by atoms with Crippen LogP contribution in [0.5, 0.6) is 0 Å². The third kappa shape index (κ3) is 3.14. The van der Waals surface area contributed by atoms with Gasteiger partial charge in [-0.15, -0.1) is 0 Å². The molecule has 3 rings (SSSR count). The van der Waals surface area contributed by atoms with Crippen LogP contribution < -0.4 is 15.9 Å². The van der Waals surface area contributed by atoms with Crippen molar-refractivity contribution in [1.82, 2.24) is 0 Å². The van der Waals surface area contributed by atoms with Gasteiger partial charge in [-0.1, -0.05) is 0 Å². The number of hydrogen-bond acceptors (Lipinski definition) is 2. The third-order valence-corrected chi connectivity index (χ3v) is 11.7. The number of hydrogen-bond donors (Lipinski definition) is 1. The molecule has 0 amide bonds. The Kier molecular flexibility index (Phi) is 4.88. The molecule has 0 saturated heterocycles. The quantitative estimate of drug-likeness (QED) is 0.544. The molecular weight excluding hydrogens is 384 g/mol. The van der Waals surface area contributed by atoms with E-state index in [0.717, 1.165) is 36.4 Å². The molecule has 26 heavy (non-hydrogen) atoms. The zero-order valence-electron chi connectivity index (χ0n) is 13.2. The first kappa shape index (κ1) is 18.6. The molecular formula is C18H13F3O3PS+. The summed E-state index contributed by atoms with van der Waals surface area (Å²) >= 11 is 0. The predicted octanol–water partition coefficient (Wildman–Crippen LogP) is 3.20. The Bertz CT molecular complexity index is 908. The lowest BCUT2D eigenvalue weighted by molar-refractivity contribution is 0.501. The van der Waals surface area contributed by atoms with Crippen LogP contribution in [0, 0.1) is 17.5 Å². The van der Waals surface area contributed by atoms with Crippen LogP contribution in [-0.4, -0.2) is 13.0 Å². The van der Waals surface area contributed by atoms with Crippen molar-refractivity contribution in [3.05, 3.63) is 90.2 Å². The molecule has 0 heterocycles. The number of benzene rings is 3. The summed E-state index contributed by atoms with van der Waals surface area (Å²) in [5.41, 5.74) is 0. The minimum atomic E-state index is -4.78. The van der Waals surface area contributed by atoms with Gasteiger partial charge in [0.2, 0.25) is 0 Å². The lowest BCUT2D eigenvalue weighted by atomic mass is 10.3. The largest absolute Gasteiger partial charge is 0.395 e. The van der Waals surface area contributed by atoms with Gasteiger partial charge in [-0.05, 0) is 72.8 Å². The van der Waals surface area contributed by atoms with Gasteiger partial charge < -0.3 is 0 Å². The molecule has 0 atom stereocenters. The van der Waals surface area contributed by atoms with Crippen molar-refractivity contribution in [1.29, 1.82) is 0 Å². The van der Waals surface area contributed by atoms with Crippen molar-refractivity contribution in [3.63, 3.8) is 0 Å². The van der Waals surface area contributed by atoms with Gasteiger partial charge in [0.1, 0.15) is 33.4 Å². The molecule has 134 valence electrons. The Hall–Kier alpha value is -2.21. The molecule has 3 aromatic carbocycles. The van der Waals surface area contributed by atoms with Gasteiger partial charge >= 0.3 is 9.74 Å². The van der Waals surface area contributed by atoms with Gasteiger partial charge in [0.05, 0.1) is 0 Å². The van der Waals surface area contributed by atoms with Crippen molar-refractivity contribution in [2.24, 2.45) is 0 Å². The van der Waals surface area contributed by atoms with Crippen molar-refractivity contribution in [3.8, 4) is 0 Å². The van der Waals surface area contributed by atoms with E-state index >= 15 is 0 Å². The van der Waals surface area contributed by atoms with Crippen LogP contribution in [0.25, 0.3) is 0 Å². The Morgan fingerprint density at radius 2 is 0.808 bits per heavy atom. The van der Waals surface area contributed by atoms with E-state index in [1.807, 2.05) is 0 Å². The maximum absolute atomic E-state index is 13.4. The third-order valence-electron chi connectivity index (χ3n) is 3.92. The zero-order valence-corrected chi connectivity index (χ0v) is 14.9. The molecule has 0 unspecified atom stereocenters. The molecule has 0 fully saturated rings. The van der Waals surface area contributed by atoms with Gasteiger partial charge in [-0.2, -0.15) is 8.42 Å². The highest BCUT2D eigenvalue weighted by molar-refractivity contribution is 8.62. The second-order valence-corrected chi connectivity index (χ2v) is 12.2. The van der Waals surface area contributed by atoms with Crippen molar-refractivity contribution < 1.29 is 26.1 Å². The van der Waals surface area contributed by atoms with Crippen LogP contribution in [0.15, 0.2) is 72.8 Å². The van der Waals surface area contributed by atoms with Gasteiger partial charge in [0.25, 0.3) is 6.46 Å². The van der Waals surface area contributed by atoms with E-state index < -0.39 is 33.7 Å². The van der Waals surface area contributed by atoms with Crippen LogP contribution in [0.2, 0.25) is 0 Å². The summed E-state index contributed by atoms with van der Waals surface area (Å²) in [4.78, 5) is 0. The molecule has 0 saturated carbocycles.